The molecule has 0 atom stereocenters. The van der Waals surface area contributed by atoms with Crippen molar-refractivity contribution in [2.75, 3.05) is 30.8 Å². The molecule has 16 heavy (non-hydrogen) atoms. The van der Waals surface area contributed by atoms with Crippen molar-refractivity contribution in [3.63, 3.8) is 0 Å². The number of anilines is 2. The Bertz CT molecular complexity index is 370. The minimum absolute atomic E-state index is 0.716. The number of hydrogen-bond donors (Lipinski definition) is 1. The monoisotopic (exact) mass is 220 g/mol. The van der Waals surface area contributed by atoms with Crippen LogP contribution in [-0.4, -0.2) is 20.2 Å². The molecule has 88 valence electrons. The van der Waals surface area contributed by atoms with Crippen molar-refractivity contribution in [2.45, 2.75) is 13.8 Å². The fraction of sp³-hybridized carbons (Fsp3) is 0.538. The molecule has 3 heteroatoms. The number of benzene rings is 1. The first kappa shape index (κ1) is 11.1. The minimum Gasteiger partial charge on any atom is -0.495 e. The summed E-state index contributed by atoms with van der Waals surface area (Å²) in [4.78, 5) is 2.36. The summed E-state index contributed by atoms with van der Waals surface area (Å²) in [5.74, 6) is 2.35. The van der Waals surface area contributed by atoms with Crippen molar-refractivity contribution >= 4 is 11.4 Å². The maximum Gasteiger partial charge on any atom is 0.141 e. The smallest absolute Gasteiger partial charge is 0.141 e. The van der Waals surface area contributed by atoms with Gasteiger partial charge >= 0.3 is 0 Å². The van der Waals surface area contributed by atoms with E-state index >= 15 is 0 Å². The number of nitrogen functional groups attached to an aromatic ring is 1. The Hall–Kier alpha value is -1.38. The lowest BCUT2D eigenvalue weighted by molar-refractivity contribution is 0.310. The quantitative estimate of drug-likeness (QED) is 0.795. The summed E-state index contributed by atoms with van der Waals surface area (Å²) in [7, 11) is 1.64. The van der Waals surface area contributed by atoms with Gasteiger partial charge in [-0.3, -0.25) is 0 Å². The van der Waals surface area contributed by atoms with Gasteiger partial charge in [-0.15, -0.1) is 0 Å². The predicted octanol–water partition coefficient (Wildman–Crippen LogP) is 2.37. The average Bonchev–Trinajstić information content (AvgIpc) is 2.15. The number of ether oxygens (including phenoxy) is 1. The third kappa shape index (κ3) is 1.94. The van der Waals surface area contributed by atoms with Crippen LogP contribution in [0.25, 0.3) is 0 Å². The molecule has 0 spiro atoms. The highest BCUT2D eigenvalue weighted by Crippen LogP contribution is 2.32. The molecule has 2 rings (SSSR count). The van der Waals surface area contributed by atoms with Crippen LogP contribution in [0.4, 0.5) is 11.4 Å². The van der Waals surface area contributed by atoms with Gasteiger partial charge in [-0.2, -0.15) is 0 Å². The third-order valence-corrected chi connectivity index (χ3v) is 3.43. The van der Waals surface area contributed by atoms with Crippen LogP contribution < -0.4 is 15.4 Å². The van der Waals surface area contributed by atoms with Gasteiger partial charge in [0.2, 0.25) is 0 Å². The summed E-state index contributed by atoms with van der Waals surface area (Å²) >= 11 is 0. The molecule has 0 unspecified atom stereocenters. The Morgan fingerprint density at radius 3 is 2.56 bits per heavy atom. The van der Waals surface area contributed by atoms with Crippen LogP contribution in [0.15, 0.2) is 18.2 Å². The Morgan fingerprint density at radius 2 is 2.06 bits per heavy atom. The maximum atomic E-state index is 5.89. The van der Waals surface area contributed by atoms with Gasteiger partial charge in [-0.1, -0.05) is 13.8 Å². The molecule has 1 heterocycles. The van der Waals surface area contributed by atoms with Crippen LogP contribution >= 0.6 is 0 Å². The van der Waals surface area contributed by atoms with Crippen LogP contribution in [0.3, 0.4) is 0 Å². The van der Waals surface area contributed by atoms with E-state index < -0.39 is 0 Å². The zero-order valence-electron chi connectivity index (χ0n) is 10.2. The van der Waals surface area contributed by atoms with Gasteiger partial charge in [0, 0.05) is 18.8 Å². The zero-order valence-corrected chi connectivity index (χ0v) is 10.2. The van der Waals surface area contributed by atoms with Crippen LogP contribution in [0.1, 0.15) is 13.8 Å². The van der Waals surface area contributed by atoms with E-state index in [1.54, 1.807) is 7.11 Å². The second-order valence-electron chi connectivity index (χ2n) is 4.84. The lowest BCUT2D eigenvalue weighted by Crippen LogP contribution is -2.49. The van der Waals surface area contributed by atoms with Gasteiger partial charge in [0.05, 0.1) is 12.8 Å². The molecule has 0 aromatic heterocycles. The van der Waals surface area contributed by atoms with Crippen LogP contribution in [0, 0.1) is 11.8 Å². The number of nitrogens with two attached hydrogens (primary N) is 1. The Labute approximate surface area is 97.2 Å². The molecule has 0 amide bonds. The Morgan fingerprint density at radius 1 is 1.38 bits per heavy atom. The van der Waals surface area contributed by atoms with Crippen molar-refractivity contribution in [1.29, 1.82) is 0 Å². The van der Waals surface area contributed by atoms with Crippen molar-refractivity contribution in [3.05, 3.63) is 18.2 Å². The predicted molar refractivity (Wildman–Crippen MR) is 67.9 cm³/mol. The van der Waals surface area contributed by atoms with Gasteiger partial charge in [0.15, 0.2) is 0 Å². The molecular weight excluding hydrogens is 200 g/mol. The molecule has 0 bridgehead atoms. The summed E-state index contributed by atoms with van der Waals surface area (Å²) in [6.45, 7) is 6.85. The van der Waals surface area contributed by atoms with Crippen molar-refractivity contribution in [3.8, 4) is 5.75 Å². The molecular formula is C13H20N2O. The summed E-state index contributed by atoms with van der Waals surface area (Å²) in [6, 6.07) is 6.01. The molecule has 1 aromatic rings. The molecule has 0 saturated carbocycles. The van der Waals surface area contributed by atoms with E-state index in [1.807, 2.05) is 12.1 Å². The lowest BCUT2D eigenvalue weighted by atomic mass is 9.88. The minimum atomic E-state index is 0.716. The van der Waals surface area contributed by atoms with Crippen molar-refractivity contribution in [2.24, 2.45) is 11.8 Å². The second kappa shape index (κ2) is 4.24. The largest absolute Gasteiger partial charge is 0.495 e. The Balaban J connectivity index is 2.04. The van der Waals surface area contributed by atoms with Gasteiger partial charge in [-0.25, -0.2) is 0 Å². The summed E-state index contributed by atoms with van der Waals surface area (Å²) in [6.07, 6.45) is 0. The fourth-order valence-corrected chi connectivity index (χ4v) is 2.06. The van der Waals surface area contributed by atoms with E-state index in [0.29, 0.717) is 5.69 Å². The topological polar surface area (TPSA) is 38.5 Å². The SMILES string of the molecule is COc1ccc(N2CC(C(C)C)C2)cc1N. The second-order valence-corrected chi connectivity index (χ2v) is 4.84. The molecule has 1 saturated heterocycles. The highest BCUT2D eigenvalue weighted by molar-refractivity contribution is 5.64. The first-order valence-electron chi connectivity index (χ1n) is 5.80. The Kier molecular flexibility index (Phi) is 2.95. The number of hydrogen-bond acceptors (Lipinski definition) is 3. The standard InChI is InChI=1S/C13H20N2O/c1-9(2)10-7-15(8-10)11-4-5-13(16-3)12(14)6-11/h4-6,9-10H,7-8,14H2,1-3H3. The number of methoxy groups -OCH3 is 1. The first-order valence-corrected chi connectivity index (χ1v) is 5.80. The normalized spacial score (nSPS) is 16.4. The summed E-state index contributed by atoms with van der Waals surface area (Å²) in [5.41, 5.74) is 7.81. The highest BCUT2D eigenvalue weighted by atomic mass is 16.5. The van der Waals surface area contributed by atoms with Gasteiger partial charge in [0.25, 0.3) is 0 Å². The average molecular weight is 220 g/mol. The fourth-order valence-electron chi connectivity index (χ4n) is 2.06. The van der Waals surface area contributed by atoms with E-state index in [4.69, 9.17) is 10.5 Å². The molecule has 1 fully saturated rings. The van der Waals surface area contributed by atoms with Crippen LogP contribution in [0.2, 0.25) is 0 Å². The molecule has 1 aliphatic heterocycles. The summed E-state index contributed by atoms with van der Waals surface area (Å²) in [5, 5.41) is 0. The zero-order chi connectivity index (χ0) is 11.7. The van der Waals surface area contributed by atoms with Gasteiger partial charge < -0.3 is 15.4 Å². The lowest BCUT2D eigenvalue weighted by Gasteiger charge is -2.43. The third-order valence-electron chi connectivity index (χ3n) is 3.43. The first-order chi connectivity index (χ1) is 7.61. The van der Waals surface area contributed by atoms with Gasteiger partial charge in [-0.05, 0) is 30.0 Å². The van der Waals surface area contributed by atoms with Crippen LogP contribution in [0.5, 0.6) is 5.75 Å². The molecule has 1 aromatic carbocycles. The molecule has 1 aliphatic rings. The van der Waals surface area contributed by atoms with Crippen LogP contribution in [-0.2, 0) is 0 Å². The van der Waals surface area contributed by atoms with E-state index in [1.165, 1.54) is 5.69 Å². The molecule has 2 N–H and O–H groups in total. The molecule has 3 nitrogen and oxygen atoms in total. The molecule has 0 radical (unpaired) electrons. The van der Waals surface area contributed by atoms with Crippen molar-refractivity contribution in [1.82, 2.24) is 0 Å². The van der Waals surface area contributed by atoms with Crippen molar-refractivity contribution < 1.29 is 4.74 Å². The van der Waals surface area contributed by atoms with E-state index in [-0.39, 0.29) is 0 Å². The highest BCUT2D eigenvalue weighted by Gasteiger charge is 2.29. The number of rotatable bonds is 3. The molecule has 0 aliphatic carbocycles. The number of nitrogens with zero attached hydrogens (tertiary/aromatic N) is 1. The van der Waals surface area contributed by atoms with E-state index in [0.717, 1.165) is 30.7 Å². The van der Waals surface area contributed by atoms with E-state index in [9.17, 15) is 0 Å². The van der Waals surface area contributed by atoms with Gasteiger partial charge in [0.1, 0.15) is 5.75 Å². The van der Waals surface area contributed by atoms with E-state index in [2.05, 4.69) is 24.8 Å². The summed E-state index contributed by atoms with van der Waals surface area (Å²) < 4.78 is 5.15. The maximum absolute atomic E-state index is 5.89.